The number of carbonyl (C=O) groups is 1. The zero-order valence-electron chi connectivity index (χ0n) is 16.7. The van der Waals surface area contributed by atoms with E-state index in [0.29, 0.717) is 17.2 Å². The van der Waals surface area contributed by atoms with E-state index in [1.807, 2.05) is 29.7 Å². The van der Waals surface area contributed by atoms with Gasteiger partial charge < -0.3 is 10.5 Å². The molecule has 10 heteroatoms. The number of carbonyl (C=O) groups excluding carboxylic acids is 1. The van der Waals surface area contributed by atoms with Crippen LogP contribution in [0.5, 0.6) is 5.75 Å². The molecule has 0 bridgehead atoms. The third kappa shape index (κ3) is 3.80. The van der Waals surface area contributed by atoms with Crippen LogP contribution in [0, 0.1) is 6.92 Å². The Bertz CT molecular complexity index is 1410. The van der Waals surface area contributed by atoms with Crippen LogP contribution in [0.15, 0.2) is 65.8 Å². The molecule has 0 aliphatic rings. The second-order valence-electron chi connectivity index (χ2n) is 6.75. The lowest BCUT2D eigenvalue weighted by molar-refractivity contribution is 0.0997. The second kappa shape index (κ2) is 7.73. The normalized spacial score (nSPS) is 11.4. The van der Waals surface area contributed by atoms with E-state index in [2.05, 4.69) is 14.7 Å². The number of nitrogens with one attached hydrogen (secondary N) is 1. The molecule has 9 nitrogen and oxygen atoms in total. The lowest BCUT2D eigenvalue weighted by Crippen LogP contribution is -2.16. The van der Waals surface area contributed by atoms with Crippen molar-refractivity contribution < 1.29 is 17.9 Å². The standard InChI is InChI=1S/C21H19N5O4S/c1-13-19(24-21-23-9-4-10-26(13)21)14-5-3-6-15(11-14)25-31(28,29)16-7-8-18(30-2)17(12-16)20(22)27/h3-12,25H,1-2H3,(H2,22,27). The fraction of sp³-hybridized carbons (Fsp3) is 0.0952. The summed E-state index contributed by atoms with van der Waals surface area (Å²) in [6, 6.07) is 12.6. The zero-order valence-corrected chi connectivity index (χ0v) is 17.6. The fourth-order valence-electron chi connectivity index (χ4n) is 3.27. The largest absolute Gasteiger partial charge is 0.496 e. The van der Waals surface area contributed by atoms with Gasteiger partial charge in [0.2, 0.25) is 5.78 Å². The molecule has 0 aliphatic carbocycles. The van der Waals surface area contributed by atoms with Crippen LogP contribution in [0.3, 0.4) is 0 Å². The number of hydrogen-bond donors (Lipinski definition) is 2. The monoisotopic (exact) mass is 437 g/mol. The van der Waals surface area contributed by atoms with E-state index in [9.17, 15) is 13.2 Å². The van der Waals surface area contributed by atoms with E-state index in [0.717, 1.165) is 11.3 Å². The van der Waals surface area contributed by atoms with Crippen molar-refractivity contribution in [1.29, 1.82) is 0 Å². The Hall–Kier alpha value is -3.92. The smallest absolute Gasteiger partial charge is 0.261 e. The molecule has 0 atom stereocenters. The number of hydrogen-bond acceptors (Lipinski definition) is 6. The molecule has 4 aromatic rings. The summed E-state index contributed by atoms with van der Waals surface area (Å²) in [6.45, 7) is 1.91. The van der Waals surface area contributed by atoms with Gasteiger partial charge in [0, 0.05) is 29.3 Å². The maximum Gasteiger partial charge on any atom is 0.261 e. The Morgan fingerprint density at radius 2 is 1.97 bits per heavy atom. The molecule has 1 amide bonds. The van der Waals surface area contributed by atoms with E-state index in [-0.39, 0.29) is 16.2 Å². The molecule has 0 spiro atoms. The van der Waals surface area contributed by atoms with E-state index >= 15 is 0 Å². The summed E-state index contributed by atoms with van der Waals surface area (Å²) in [5.74, 6) is -0.0330. The van der Waals surface area contributed by atoms with Crippen LogP contribution in [-0.2, 0) is 10.0 Å². The molecule has 0 aliphatic heterocycles. The van der Waals surface area contributed by atoms with Crippen molar-refractivity contribution in [3.63, 3.8) is 0 Å². The van der Waals surface area contributed by atoms with Crippen molar-refractivity contribution in [2.45, 2.75) is 11.8 Å². The van der Waals surface area contributed by atoms with E-state index in [1.54, 1.807) is 24.4 Å². The third-order valence-corrected chi connectivity index (χ3v) is 6.16. The summed E-state index contributed by atoms with van der Waals surface area (Å²) in [4.78, 5) is 20.3. The highest BCUT2D eigenvalue weighted by molar-refractivity contribution is 7.92. The number of methoxy groups -OCH3 is 1. The van der Waals surface area contributed by atoms with Gasteiger partial charge in [-0.3, -0.25) is 13.9 Å². The molecule has 0 unspecified atom stereocenters. The van der Waals surface area contributed by atoms with Crippen LogP contribution < -0.4 is 15.2 Å². The topological polar surface area (TPSA) is 129 Å². The summed E-state index contributed by atoms with van der Waals surface area (Å²) < 4.78 is 35.2. The molecule has 158 valence electrons. The highest BCUT2D eigenvalue weighted by Crippen LogP contribution is 2.28. The molecule has 0 saturated heterocycles. The first-order chi connectivity index (χ1) is 14.8. The number of fused-ring (bicyclic) bond motifs is 1. The number of nitrogens with two attached hydrogens (primary N) is 1. The zero-order chi connectivity index (χ0) is 22.2. The Labute approximate surface area is 178 Å². The van der Waals surface area contributed by atoms with Crippen LogP contribution >= 0.6 is 0 Å². The first kappa shape index (κ1) is 20.4. The molecule has 0 radical (unpaired) electrons. The van der Waals surface area contributed by atoms with Gasteiger partial charge in [-0.1, -0.05) is 12.1 Å². The van der Waals surface area contributed by atoms with Crippen LogP contribution in [0.4, 0.5) is 5.69 Å². The molecule has 2 heterocycles. The maximum absolute atomic E-state index is 12.9. The number of benzene rings is 2. The predicted molar refractivity (Wildman–Crippen MR) is 115 cm³/mol. The summed E-state index contributed by atoms with van der Waals surface area (Å²) in [7, 11) is -2.61. The number of rotatable bonds is 6. The summed E-state index contributed by atoms with van der Waals surface area (Å²) in [6.07, 6.45) is 3.52. The number of primary amides is 1. The molecule has 31 heavy (non-hydrogen) atoms. The van der Waals surface area contributed by atoms with Crippen molar-refractivity contribution in [1.82, 2.24) is 14.4 Å². The van der Waals surface area contributed by atoms with Crippen LogP contribution in [0.2, 0.25) is 0 Å². The first-order valence-electron chi connectivity index (χ1n) is 9.21. The van der Waals surface area contributed by atoms with Gasteiger partial charge >= 0.3 is 0 Å². The second-order valence-corrected chi connectivity index (χ2v) is 8.43. The van der Waals surface area contributed by atoms with Crippen molar-refractivity contribution in [3.8, 4) is 17.0 Å². The summed E-state index contributed by atoms with van der Waals surface area (Å²) in [5, 5.41) is 0. The number of amides is 1. The van der Waals surface area contributed by atoms with Crippen molar-refractivity contribution >= 4 is 27.4 Å². The fourth-order valence-corrected chi connectivity index (χ4v) is 4.34. The molecule has 4 rings (SSSR count). The average molecular weight is 437 g/mol. The number of nitrogens with zero attached hydrogens (tertiary/aromatic N) is 3. The van der Waals surface area contributed by atoms with Crippen LogP contribution in [-0.4, -0.2) is 35.8 Å². The summed E-state index contributed by atoms with van der Waals surface area (Å²) >= 11 is 0. The molecule has 2 aromatic heterocycles. The maximum atomic E-state index is 12.9. The van der Waals surface area contributed by atoms with Gasteiger partial charge in [-0.05, 0) is 43.3 Å². The van der Waals surface area contributed by atoms with E-state index in [1.165, 1.54) is 25.3 Å². The minimum atomic E-state index is -3.98. The third-order valence-electron chi connectivity index (χ3n) is 4.78. The molecular formula is C21H19N5O4S. The Morgan fingerprint density at radius 3 is 2.68 bits per heavy atom. The number of ether oxygens (including phenoxy) is 1. The van der Waals surface area contributed by atoms with Gasteiger partial charge in [0.15, 0.2) is 0 Å². The van der Waals surface area contributed by atoms with E-state index in [4.69, 9.17) is 10.5 Å². The van der Waals surface area contributed by atoms with Gasteiger partial charge in [0.25, 0.3) is 15.9 Å². The number of aryl methyl sites for hydroxylation is 1. The lowest BCUT2D eigenvalue weighted by Gasteiger charge is -2.12. The van der Waals surface area contributed by atoms with Gasteiger partial charge in [0.05, 0.1) is 23.3 Å². The van der Waals surface area contributed by atoms with Crippen LogP contribution in [0.1, 0.15) is 16.1 Å². The highest BCUT2D eigenvalue weighted by atomic mass is 32.2. The molecule has 2 aromatic carbocycles. The van der Waals surface area contributed by atoms with E-state index < -0.39 is 15.9 Å². The first-order valence-corrected chi connectivity index (χ1v) is 10.7. The molecular weight excluding hydrogens is 418 g/mol. The van der Waals surface area contributed by atoms with Gasteiger partial charge in [-0.15, -0.1) is 0 Å². The average Bonchev–Trinajstić information content (AvgIpc) is 3.10. The Kier molecular flexibility index (Phi) is 5.07. The van der Waals surface area contributed by atoms with Gasteiger partial charge in [-0.25, -0.2) is 18.4 Å². The van der Waals surface area contributed by atoms with Crippen LogP contribution in [0.25, 0.3) is 17.0 Å². The number of aromatic nitrogens is 3. The number of anilines is 1. The van der Waals surface area contributed by atoms with Gasteiger partial charge in [0.1, 0.15) is 5.75 Å². The molecule has 0 saturated carbocycles. The molecule has 0 fully saturated rings. The minimum Gasteiger partial charge on any atom is -0.496 e. The SMILES string of the molecule is COc1ccc(S(=O)(=O)Nc2cccc(-c3nc4ncccn4c3C)c2)cc1C(N)=O. The number of imidazole rings is 1. The van der Waals surface area contributed by atoms with Crippen molar-refractivity contribution in [2.24, 2.45) is 5.73 Å². The van der Waals surface area contributed by atoms with Gasteiger partial charge in [-0.2, -0.15) is 0 Å². The quantitative estimate of drug-likeness (QED) is 0.477. The van der Waals surface area contributed by atoms with Crippen molar-refractivity contribution in [3.05, 3.63) is 72.2 Å². The number of sulfonamides is 1. The lowest BCUT2D eigenvalue weighted by atomic mass is 10.1. The highest BCUT2D eigenvalue weighted by Gasteiger charge is 2.19. The molecule has 3 N–H and O–H groups in total. The summed E-state index contributed by atoms with van der Waals surface area (Å²) in [5.41, 5.74) is 7.97. The minimum absolute atomic E-state index is 0.0213. The Balaban J connectivity index is 1.69. The Morgan fingerprint density at radius 1 is 1.16 bits per heavy atom. The van der Waals surface area contributed by atoms with Crippen molar-refractivity contribution in [2.75, 3.05) is 11.8 Å². The predicted octanol–water partition coefficient (Wildman–Crippen LogP) is 2.61.